The molecule has 1 aromatic carbocycles. The van der Waals surface area contributed by atoms with E-state index in [1.807, 2.05) is 24.3 Å². The average molecular weight is 379 g/mol. The van der Waals surface area contributed by atoms with Gasteiger partial charge in [-0.25, -0.2) is 13.1 Å². The van der Waals surface area contributed by atoms with Crippen LogP contribution in [0.1, 0.15) is 19.3 Å². The number of thiophene rings is 1. The Labute approximate surface area is 152 Å². The highest BCUT2D eigenvalue weighted by Gasteiger charge is 2.43. The summed E-state index contributed by atoms with van der Waals surface area (Å²) < 4.78 is 35.9. The number of ether oxygens (including phenoxy) is 1. The maximum absolute atomic E-state index is 12.8. The molecule has 3 heterocycles. The smallest absolute Gasteiger partial charge is 0.250 e. The predicted octanol–water partition coefficient (Wildman–Crippen LogP) is 2.43. The van der Waals surface area contributed by atoms with Crippen LogP contribution >= 0.6 is 11.3 Å². The first-order chi connectivity index (χ1) is 12.1. The fourth-order valence-electron chi connectivity index (χ4n) is 4.11. The van der Waals surface area contributed by atoms with E-state index >= 15 is 0 Å². The summed E-state index contributed by atoms with van der Waals surface area (Å²) in [7, 11) is -3.46. The second-order valence-corrected chi connectivity index (χ2v) is 10.5. The standard InChI is InChI=1S/C18H22N2O3S2/c21-25(22,18-7-13-3-1-2-4-17(13)24-18)19-14-8-15-11-23-16(12-5-6-12)10-20(15)9-14/h1-4,7,12,14-16,19H,5-6,8-11H2/t14-,15+,16-/m1/s1. The van der Waals surface area contributed by atoms with Gasteiger partial charge in [0.25, 0.3) is 0 Å². The quantitative estimate of drug-likeness (QED) is 0.888. The molecule has 3 fully saturated rings. The van der Waals surface area contributed by atoms with Crippen molar-refractivity contribution in [1.82, 2.24) is 9.62 Å². The summed E-state index contributed by atoms with van der Waals surface area (Å²) in [4.78, 5) is 2.42. The highest BCUT2D eigenvalue weighted by atomic mass is 32.2. The van der Waals surface area contributed by atoms with Gasteiger partial charge in [0, 0.05) is 29.9 Å². The topological polar surface area (TPSA) is 58.6 Å². The largest absolute Gasteiger partial charge is 0.375 e. The zero-order valence-corrected chi connectivity index (χ0v) is 15.6. The number of nitrogens with one attached hydrogen (secondary N) is 1. The van der Waals surface area contributed by atoms with Gasteiger partial charge in [0.15, 0.2) is 0 Å². The Kier molecular flexibility index (Phi) is 3.91. The Morgan fingerprint density at radius 2 is 2.04 bits per heavy atom. The van der Waals surface area contributed by atoms with E-state index in [4.69, 9.17) is 4.74 Å². The predicted molar refractivity (Wildman–Crippen MR) is 98.4 cm³/mol. The van der Waals surface area contributed by atoms with Crippen LogP contribution < -0.4 is 4.72 Å². The Morgan fingerprint density at radius 3 is 2.84 bits per heavy atom. The van der Waals surface area contributed by atoms with Crippen molar-refractivity contribution in [3.8, 4) is 0 Å². The van der Waals surface area contributed by atoms with Gasteiger partial charge < -0.3 is 4.74 Å². The van der Waals surface area contributed by atoms with E-state index in [0.717, 1.165) is 42.1 Å². The van der Waals surface area contributed by atoms with Gasteiger partial charge in [-0.2, -0.15) is 0 Å². The molecule has 0 bridgehead atoms. The third kappa shape index (κ3) is 3.13. The molecule has 1 aliphatic carbocycles. The summed E-state index contributed by atoms with van der Waals surface area (Å²) in [5, 5.41) is 0.984. The molecular weight excluding hydrogens is 356 g/mol. The van der Waals surface area contributed by atoms with Crippen LogP contribution in [0.3, 0.4) is 0 Å². The van der Waals surface area contributed by atoms with E-state index in [2.05, 4.69) is 9.62 Å². The zero-order valence-electron chi connectivity index (χ0n) is 13.9. The van der Waals surface area contributed by atoms with Crippen molar-refractivity contribution in [2.24, 2.45) is 5.92 Å². The molecule has 2 aromatic rings. The van der Waals surface area contributed by atoms with Crippen LogP contribution in [0.4, 0.5) is 0 Å². The van der Waals surface area contributed by atoms with E-state index in [1.165, 1.54) is 24.2 Å². The Hall–Kier alpha value is -0.990. The third-order valence-electron chi connectivity index (χ3n) is 5.58. The molecule has 0 unspecified atom stereocenters. The highest BCUT2D eigenvalue weighted by Crippen LogP contribution is 2.38. The molecule has 5 nitrogen and oxygen atoms in total. The van der Waals surface area contributed by atoms with Gasteiger partial charge in [0.1, 0.15) is 4.21 Å². The second kappa shape index (κ2) is 6.03. The van der Waals surface area contributed by atoms with Gasteiger partial charge in [-0.3, -0.25) is 4.90 Å². The SMILES string of the molecule is O=S(=O)(N[C@@H]1C[C@H]2CO[C@@H](C3CC3)CN2C1)c1cc2ccccc2s1. The van der Waals surface area contributed by atoms with Gasteiger partial charge in [0.05, 0.1) is 12.7 Å². The minimum Gasteiger partial charge on any atom is -0.375 e. The highest BCUT2D eigenvalue weighted by molar-refractivity contribution is 7.91. The molecule has 1 N–H and O–H groups in total. The van der Waals surface area contributed by atoms with E-state index in [9.17, 15) is 8.42 Å². The maximum Gasteiger partial charge on any atom is 0.250 e. The lowest BCUT2D eigenvalue weighted by Gasteiger charge is -2.35. The normalized spacial score (nSPS) is 30.6. The van der Waals surface area contributed by atoms with E-state index in [0.29, 0.717) is 16.4 Å². The molecule has 0 spiro atoms. The molecule has 2 saturated heterocycles. The van der Waals surface area contributed by atoms with E-state index in [-0.39, 0.29) is 6.04 Å². The first-order valence-corrected chi connectivity index (χ1v) is 11.2. The molecule has 134 valence electrons. The number of sulfonamides is 1. The lowest BCUT2D eigenvalue weighted by molar-refractivity contribution is -0.0581. The van der Waals surface area contributed by atoms with Gasteiger partial charge in [-0.15, -0.1) is 11.3 Å². The molecule has 7 heteroatoms. The van der Waals surface area contributed by atoms with Crippen molar-refractivity contribution in [2.45, 2.75) is 41.7 Å². The van der Waals surface area contributed by atoms with Gasteiger partial charge in [-0.05, 0) is 42.7 Å². The van der Waals surface area contributed by atoms with Crippen molar-refractivity contribution < 1.29 is 13.2 Å². The molecule has 1 aromatic heterocycles. The van der Waals surface area contributed by atoms with Crippen molar-refractivity contribution >= 4 is 31.4 Å². The first-order valence-electron chi connectivity index (χ1n) is 8.95. The number of nitrogens with zero attached hydrogens (tertiary/aromatic N) is 1. The zero-order chi connectivity index (χ0) is 17.0. The molecule has 0 amide bonds. The molecule has 2 aliphatic heterocycles. The molecule has 0 radical (unpaired) electrons. The van der Waals surface area contributed by atoms with Crippen LogP contribution in [-0.2, 0) is 14.8 Å². The number of hydrogen-bond acceptors (Lipinski definition) is 5. The molecule has 5 rings (SSSR count). The Morgan fingerprint density at radius 1 is 1.20 bits per heavy atom. The molecular formula is C18H22N2O3S2. The third-order valence-corrected chi connectivity index (χ3v) is 8.69. The summed E-state index contributed by atoms with van der Waals surface area (Å²) in [6, 6.07) is 9.89. The van der Waals surface area contributed by atoms with E-state index in [1.54, 1.807) is 6.07 Å². The molecule has 3 atom stereocenters. The lowest BCUT2D eigenvalue weighted by atomic mass is 10.1. The van der Waals surface area contributed by atoms with Crippen molar-refractivity contribution in [1.29, 1.82) is 0 Å². The van der Waals surface area contributed by atoms with Gasteiger partial charge in [0.2, 0.25) is 10.0 Å². The monoisotopic (exact) mass is 378 g/mol. The van der Waals surface area contributed by atoms with Crippen LogP contribution in [0.2, 0.25) is 0 Å². The van der Waals surface area contributed by atoms with Crippen molar-refractivity contribution in [3.63, 3.8) is 0 Å². The Balaban J connectivity index is 1.30. The number of benzene rings is 1. The van der Waals surface area contributed by atoms with Gasteiger partial charge >= 0.3 is 0 Å². The van der Waals surface area contributed by atoms with Crippen LogP contribution in [0.5, 0.6) is 0 Å². The lowest BCUT2D eigenvalue weighted by Crippen LogP contribution is -2.47. The molecule has 1 saturated carbocycles. The minimum atomic E-state index is -3.46. The fraction of sp³-hybridized carbons (Fsp3) is 0.556. The first kappa shape index (κ1) is 16.2. The fourth-order valence-corrected chi connectivity index (χ4v) is 6.76. The van der Waals surface area contributed by atoms with Gasteiger partial charge in [-0.1, -0.05) is 18.2 Å². The summed E-state index contributed by atoms with van der Waals surface area (Å²) in [6.07, 6.45) is 3.76. The maximum atomic E-state index is 12.8. The van der Waals surface area contributed by atoms with Crippen LogP contribution in [0, 0.1) is 5.92 Å². The Bertz CT molecular complexity index is 858. The van der Waals surface area contributed by atoms with Crippen LogP contribution in [0.25, 0.3) is 10.1 Å². The van der Waals surface area contributed by atoms with Crippen molar-refractivity contribution in [2.75, 3.05) is 19.7 Å². The number of rotatable bonds is 4. The molecule has 3 aliphatic rings. The molecule has 25 heavy (non-hydrogen) atoms. The number of hydrogen-bond donors (Lipinski definition) is 1. The van der Waals surface area contributed by atoms with Crippen LogP contribution in [-0.4, -0.2) is 51.2 Å². The number of morpholine rings is 1. The van der Waals surface area contributed by atoms with E-state index < -0.39 is 10.0 Å². The summed E-state index contributed by atoms with van der Waals surface area (Å²) in [6.45, 7) is 2.49. The average Bonchev–Trinajstić information content (AvgIpc) is 3.21. The summed E-state index contributed by atoms with van der Waals surface area (Å²) >= 11 is 1.34. The summed E-state index contributed by atoms with van der Waals surface area (Å²) in [5.74, 6) is 0.732. The second-order valence-electron chi connectivity index (χ2n) is 7.47. The van der Waals surface area contributed by atoms with Crippen LogP contribution in [0.15, 0.2) is 34.5 Å². The minimum absolute atomic E-state index is 0.0261. The number of fused-ring (bicyclic) bond motifs is 2. The summed E-state index contributed by atoms with van der Waals surface area (Å²) in [5.41, 5.74) is 0. The van der Waals surface area contributed by atoms with Crippen molar-refractivity contribution in [3.05, 3.63) is 30.3 Å².